The van der Waals surface area contributed by atoms with E-state index in [1.165, 1.54) is 25.9 Å². The van der Waals surface area contributed by atoms with Crippen molar-refractivity contribution < 1.29 is 0 Å². The average molecular weight is 182 g/mol. The Bertz CT molecular complexity index is 195. The Morgan fingerprint density at radius 2 is 1.85 bits per heavy atom. The fraction of sp³-hybridized carbons (Fsp3) is 1.00. The van der Waals surface area contributed by atoms with Crippen LogP contribution in [0.4, 0.5) is 0 Å². The first-order valence-corrected chi connectivity index (χ1v) is 5.49. The molecule has 0 aromatic heterocycles. The van der Waals surface area contributed by atoms with Gasteiger partial charge in [0, 0.05) is 24.7 Å². The number of fused-ring (bicyclic) bond motifs is 1. The van der Waals surface area contributed by atoms with Gasteiger partial charge in [0.05, 0.1) is 0 Å². The van der Waals surface area contributed by atoms with E-state index < -0.39 is 0 Å². The number of nitrogens with zero attached hydrogens (tertiary/aromatic N) is 1. The van der Waals surface area contributed by atoms with E-state index in [2.05, 4.69) is 25.7 Å². The van der Waals surface area contributed by atoms with Gasteiger partial charge in [-0.2, -0.15) is 0 Å². The molecule has 2 heteroatoms. The van der Waals surface area contributed by atoms with Gasteiger partial charge in [0.1, 0.15) is 0 Å². The third-order valence-electron chi connectivity index (χ3n) is 3.86. The van der Waals surface area contributed by atoms with Crippen LogP contribution in [0.3, 0.4) is 0 Å². The minimum Gasteiger partial charge on any atom is -0.327 e. The molecule has 0 aromatic rings. The van der Waals surface area contributed by atoms with Crippen LogP contribution in [0.2, 0.25) is 0 Å². The van der Waals surface area contributed by atoms with Crippen LogP contribution < -0.4 is 5.73 Å². The predicted molar refractivity (Wildman–Crippen MR) is 55.5 cm³/mol. The van der Waals surface area contributed by atoms with E-state index in [1.54, 1.807) is 0 Å². The summed E-state index contributed by atoms with van der Waals surface area (Å²) in [5.41, 5.74) is 6.44. The normalized spacial score (nSPS) is 41.1. The van der Waals surface area contributed by atoms with Crippen LogP contribution in [0.1, 0.15) is 33.6 Å². The molecule has 0 radical (unpaired) electrons. The van der Waals surface area contributed by atoms with Crippen molar-refractivity contribution in [1.29, 1.82) is 0 Å². The van der Waals surface area contributed by atoms with E-state index in [9.17, 15) is 0 Å². The van der Waals surface area contributed by atoms with E-state index in [-0.39, 0.29) is 0 Å². The van der Waals surface area contributed by atoms with Gasteiger partial charge in [-0.25, -0.2) is 0 Å². The molecule has 3 atom stereocenters. The van der Waals surface area contributed by atoms with Crippen LogP contribution in [0, 0.1) is 11.8 Å². The molecule has 2 N–H and O–H groups in total. The molecule has 76 valence electrons. The topological polar surface area (TPSA) is 29.3 Å². The van der Waals surface area contributed by atoms with E-state index in [1.807, 2.05) is 0 Å². The predicted octanol–water partition coefficient (Wildman–Crippen LogP) is 1.45. The van der Waals surface area contributed by atoms with Crippen molar-refractivity contribution in [2.45, 2.75) is 45.2 Å². The maximum Gasteiger partial charge on any atom is 0.0125 e. The number of rotatable bonds is 0. The molecule has 0 bridgehead atoms. The second-order valence-corrected chi connectivity index (χ2v) is 5.74. The van der Waals surface area contributed by atoms with Crippen molar-refractivity contribution in [3.63, 3.8) is 0 Å². The highest BCUT2D eigenvalue weighted by Gasteiger charge is 2.43. The molecule has 0 unspecified atom stereocenters. The molecular formula is C11H22N2. The number of nitrogens with two attached hydrogens (primary N) is 1. The summed E-state index contributed by atoms with van der Waals surface area (Å²) in [6.45, 7) is 9.43. The lowest BCUT2D eigenvalue weighted by molar-refractivity contribution is 0.159. The molecule has 2 aliphatic rings. The quantitative estimate of drug-likeness (QED) is 0.614. The zero-order valence-electron chi connectivity index (χ0n) is 9.09. The van der Waals surface area contributed by atoms with Crippen LogP contribution in [-0.2, 0) is 0 Å². The van der Waals surface area contributed by atoms with Crippen LogP contribution >= 0.6 is 0 Å². The van der Waals surface area contributed by atoms with Crippen molar-refractivity contribution >= 4 is 0 Å². The summed E-state index contributed by atoms with van der Waals surface area (Å²) in [4.78, 5) is 2.60. The van der Waals surface area contributed by atoms with E-state index in [0.29, 0.717) is 11.6 Å². The maximum absolute atomic E-state index is 6.10. The molecule has 0 spiro atoms. The zero-order chi connectivity index (χ0) is 9.64. The lowest BCUT2D eigenvalue weighted by Gasteiger charge is -2.32. The van der Waals surface area contributed by atoms with E-state index >= 15 is 0 Å². The van der Waals surface area contributed by atoms with Crippen molar-refractivity contribution in [1.82, 2.24) is 4.90 Å². The first-order chi connectivity index (χ1) is 5.98. The summed E-state index contributed by atoms with van der Waals surface area (Å²) in [5, 5.41) is 0. The van der Waals surface area contributed by atoms with Crippen LogP contribution in [0.25, 0.3) is 0 Å². The highest BCUT2D eigenvalue weighted by molar-refractivity contribution is 4.98. The first-order valence-electron chi connectivity index (χ1n) is 5.49. The van der Waals surface area contributed by atoms with Gasteiger partial charge >= 0.3 is 0 Å². The molecule has 1 saturated carbocycles. The second kappa shape index (κ2) is 2.96. The van der Waals surface area contributed by atoms with Gasteiger partial charge in [-0.1, -0.05) is 0 Å². The smallest absolute Gasteiger partial charge is 0.0125 e. The largest absolute Gasteiger partial charge is 0.327 e. The van der Waals surface area contributed by atoms with E-state index in [4.69, 9.17) is 5.73 Å². The lowest BCUT2D eigenvalue weighted by Crippen LogP contribution is -2.41. The Balaban J connectivity index is 2.03. The molecule has 1 saturated heterocycles. The monoisotopic (exact) mass is 182 g/mol. The van der Waals surface area contributed by atoms with Gasteiger partial charge in [0.2, 0.25) is 0 Å². The van der Waals surface area contributed by atoms with Gasteiger partial charge in [-0.3, -0.25) is 4.90 Å². The summed E-state index contributed by atoms with van der Waals surface area (Å²) in [6.07, 6.45) is 2.62. The van der Waals surface area contributed by atoms with Gasteiger partial charge in [-0.15, -0.1) is 0 Å². The van der Waals surface area contributed by atoms with Crippen molar-refractivity contribution in [2.75, 3.05) is 13.1 Å². The number of hydrogen-bond acceptors (Lipinski definition) is 2. The highest BCUT2D eigenvalue weighted by Crippen LogP contribution is 2.39. The molecule has 1 aliphatic carbocycles. The van der Waals surface area contributed by atoms with Gasteiger partial charge in [-0.05, 0) is 45.4 Å². The standard InChI is InChI=1S/C11H22N2/c1-11(2,3)13-6-8-4-5-10(12)9(8)7-13/h8-10H,4-7,12H2,1-3H3/t8-,9+,10+/m1/s1. The Morgan fingerprint density at radius 3 is 2.38 bits per heavy atom. The van der Waals surface area contributed by atoms with Gasteiger partial charge in [0.15, 0.2) is 0 Å². The maximum atomic E-state index is 6.10. The third-order valence-corrected chi connectivity index (χ3v) is 3.86. The fourth-order valence-electron chi connectivity index (χ4n) is 2.86. The lowest BCUT2D eigenvalue weighted by atomic mass is 9.98. The molecular weight excluding hydrogens is 160 g/mol. The number of hydrogen-bond donors (Lipinski definition) is 1. The SMILES string of the molecule is CC(C)(C)N1C[C@H]2CC[C@H](N)[C@H]2C1. The highest BCUT2D eigenvalue weighted by atomic mass is 15.2. The molecule has 2 rings (SSSR count). The third kappa shape index (κ3) is 1.62. The summed E-state index contributed by atoms with van der Waals surface area (Å²) in [5.74, 6) is 1.69. The molecule has 2 nitrogen and oxygen atoms in total. The first kappa shape index (κ1) is 9.47. The van der Waals surface area contributed by atoms with Crippen LogP contribution in [-0.4, -0.2) is 29.6 Å². The zero-order valence-corrected chi connectivity index (χ0v) is 9.09. The summed E-state index contributed by atoms with van der Waals surface area (Å²) < 4.78 is 0. The molecule has 2 fully saturated rings. The Hall–Kier alpha value is -0.0800. The Kier molecular flexibility index (Phi) is 2.16. The molecule has 1 heterocycles. The van der Waals surface area contributed by atoms with Crippen molar-refractivity contribution in [3.8, 4) is 0 Å². The van der Waals surface area contributed by atoms with E-state index in [0.717, 1.165) is 11.8 Å². The van der Waals surface area contributed by atoms with Gasteiger partial charge in [0.25, 0.3) is 0 Å². The average Bonchev–Trinajstić information content (AvgIpc) is 2.51. The van der Waals surface area contributed by atoms with Crippen molar-refractivity contribution in [2.24, 2.45) is 17.6 Å². The molecule has 13 heavy (non-hydrogen) atoms. The molecule has 1 aliphatic heterocycles. The summed E-state index contributed by atoms with van der Waals surface area (Å²) in [6, 6.07) is 0.484. The minimum absolute atomic E-state index is 0.337. The van der Waals surface area contributed by atoms with Crippen molar-refractivity contribution in [3.05, 3.63) is 0 Å². The molecule has 0 aromatic carbocycles. The summed E-state index contributed by atoms with van der Waals surface area (Å²) in [7, 11) is 0. The van der Waals surface area contributed by atoms with Crippen LogP contribution in [0.15, 0.2) is 0 Å². The second-order valence-electron chi connectivity index (χ2n) is 5.74. The van der Waals surface area contributed by atoms with Gasteiger partial charge < -0.3 is 5.73 Å². The number of likely N-dealkylation sites (tertiary alicyclic amines) is 1. The minimum atomic E-state index is 0.337. The Labute approximate surface area is 81.5 Å². The fourth-order valence-corrected chi connectivity index (χ4v) is 2.86. The summed E-state index contributed by atoms with van der Waals surface area (Å²) >= 11 is 0. The Morgan fingerprint density at radius 1 is 1.15 bits per heavy atom. The molecule has 0 amide bonds. The van der Waals surface area contributed by atoms with Crippen LogP contribution in [0.5, 0.6) is 0 Å².